The van der Waals surface area contributed by atoms with E-state index in [9.17, 15) is 52.7 Å². The zero-order valence-corrected chi connectivity index (χ0v) is 10.3. The van der Waals surface area contributed by atoms with Gasteiger partial charge in [0.15, 0.2) is 0 Å². The lowest BCUT2D eigenvalue weighted by atomic mass is 9.80. The summed E-state index contributed by atoms with van der Waals surface area (Å²) in [6, 6.07) is 0. The smallest absolute Gasteiger partial charge is 0.192 e. The molecule has 1 rings (SSSR count). The van der Waals surface area contributed by atoms with Gasteiger partial charge in [-0.2, -0.15) is 52.7 Å². The van der Waals surface area contributed by atoms with Crippen LogP contribution in [0, 0.1) is 0 Å². The van der Waals surface area contributed by atoms with Gasteiger partial charge >= 0.3 is 35.5 Å². The van der Waals surface area contributed by atoms with Crippen LogP contribution < -0.4 is 0 Å². The summed E-state index contributed by atoms with van der Waals surface area (Å²) in [5.41, 5.74) is 0. The van der Waals surface area contributed by atoms with Gasteiger partial charge in [0.2, 0.25) is 0 Å². The quantitative estimate of drug-likeness (QED) is 0.396. The Morgan fingerprint density at radius 1 is 0.263 bits per heavy atom. The second-order valence-corrected chi connectivity index (χ2v) is 3.45. The first kappa shape index (κ1) is 18.9. The van der Waals surface area contributed by atoms with E-state index in [0.717, 1.165) is 0 Å². The summed E-state index contributed by atoms with van der Waals surface area (Å²) < 4.78 is 148. The summed E-state index contributed by atoms with van der Waals surface area (Å²) in [4.78, 5) is 0. The van der Waals surface area contributed by atoms with Crippen molar-refractivity contribution in [2.24, 2.45) is 0 Å². The van der Waals surface area contributed by atoms with E-state index in [-0.39, 0.29) is 24.0 Å². The molecule has 116 valence electrons. The highest BCUT2D eigenvalue weighted by molar-refractivity contribution is 14.0. The number of hydrogen-bond donors (Lipinski definition) is 0. The minimum atomic E-state index is -7.35. The fraction of sp³-hybridized carbons (Fsp3) is 1.00. The molecule has 0 aromatic heterocycles. The summed E-state index contributed by atoms with van der Waals surface area (Å²) in [7, 11) is 0. The Morgan fingerprint density at radius 2 is 0.316 bits per heavy atom. The molecule has 13 heteroatoms. The number of alkyl halides is 12. The van der Waals surface area contributed by atoms with Gasteiger partial charge in [-0.15, -0.1) is 24.0 Å². The molecule has 0 aromatic carbocycles. The van der Waals surface area contributed by atoms with Crippen molar-refractivity contribution in [1.29, 1.82) is 0 Å². The van der Waals surface area contributed by atoms with E-state index >= 15 is 0 Å². The van der Waals surface area contributed by atoms with Crippen molar-refractivity contribution < 1.29 is 52.7 Å². The van der Waals surface area contributed by atoms with Gasteiger partial charge in [0.25, 0.3) is 0 Å². The van der Waals surface area contributed by atoms with Crippen molar-refractivity contribution >= 4 is 24.0 Å². The predicted molar refractivity (Wildman–Crippen MR) is 45.1 cm³/mol. The largest absolute Gasteiger partial charge is 0.385 e. The fourth-order valence-electron chi connectivity index (χ4n) is 1.18. The third-order valence-electron chi connectivity index (χ3n) is 2.37. The second-order valence-electron chi connectivity index (χ2n) is 3.45. The third kappa shape index (κ3) is 1.56. The maximum Gasteiger partial charge on any atom is 0.385 e. The van der Waals surface area contributed by atoms with Crippen molar-refractivity contribution in [3.05, 3.63) is 0 Å². The second kappa shape index (κ2) is 3.96. The van der Waals surface area contributed by atoms with E-state index in [4.69, 9.17) is 0 Å². The highest BCUT2D eigenvalue weighted by atomic mass is 127. The Hall–Kier alpha value is -0.110. The Balaban J connectivity index is 0.00000324. The van der Waals surface area contributed by atoms with E-state index in [2.05, 4.69) is 0 Å². The number of rotatable bonds is 0. The average molecular weight is 428 g/mol. The van der Waals surface area contributed by atoms with E-state index in [1.807, 2.05) is 0 Å². The first-order valence-corrected chi connectivity index (χ1v) is 3.77. The van der Waals surface area contributed by atoms with E-state index in [0.29, 0.717) is 0 Å². The maximum absolute atomic E-state index is 12.3. The monoisotopic (exact) mass is 428 g/mol. The van der Waals surface area contributed by atoms with Crippen LogP contribution in [0.3, 0.4) is 0 Å². The fourth-order valence-corrected chi connectivity index (χ4v) is 1.18. The van der Waals surface area contributed by atoms with Crippen molar-refractivity contribution in [2.45, 2.75) is 35.5 Å². The molecular weight excluding hydrogens is 427 g/mol. The summed E-state index contributed by atoms with van der Waals surface area (Å²) in [6.45, 7) is 0. The van der Waals surface area contributed by atoms with Crippen molar-refractivity contribution in [2.75, 3.05) is 0 Å². The molecule has 0 N–H and O–H groups in total. The van der Waals surface area contributed by atoms with Gasteiger partial charge in [-0.3, -0.25) is 0 Å². The van der Waals surface area contributed by atoms with Crippen LogP contribution in [0.1, 0.15) is 0 Å². The highest BCUT2D eigenvalue weighted by Gasteiger charge is 3.02. The minimum Gasteiger partial charge on any atom is -0.192 e. The minimum absolute atomic E-state index is 0. The topological polar surface area (TPSA) is 0 Å². The van der Waals surface area contributed by atoms with Crippen molar-refractivity contribution in [3.63, 3.8) is 0 Å². The molecule has 1 aliphatic rings. The first-order valence-electron chi connectivity index (χ1n) is 3.77. The van der Waals surface area contributed by atoms with Crippen LogP contribution in [0.25, 0.3) is 0 Å². The summed E-state index contributed by atoms with van der Waals surface area (Å²) in [5, 5.41) is 0. The zero-order valence-electron chi connectivity index (χ0n) is 7.94. The molecule has 0 bridgehead atoms. The molecule has 0 spiro atoms. The predicted octanol–water partition coefficient (Wildman–Crippen LogP) is 4.43. The molecular formula is C6HF12I. The Morgan fingerprint density at radius 3 is 0.368 bits per heavy atom. The molecule has 1 fully saturated rings. The van der Waals surface area contributed by atoms with Crippen molar-refractivity contribution in [1.82, 2.24) is 0 Å². The van der Waals surface area contributed by atoms with E-state index in [1.54, 1.807) is 0 Å². The molecule has 0 unspecified atom stereocenters. The van der Waals surface area contributed by atoms with Crippen LogP contribution in [-0.4, -0.2) is 35.5 Å². The number of halogens is 13. The molecule has 0 aliphatic heterocycles. The third-order valence-corrected chi connectivity index (χ3v) is 2.37. The summed E-state index contributed by atoms with van der Waals surface area (Å²) in [5.74, 6) is -44.1. The van der Waals surface area contributed by atoms with Gasteiger partial charge in [-0.05, 0) is 0 Å². The summed E-state index contributed by atoms with van der Waals surface area (Å²) >= 11 is 0. The Labute approximate surface area is 113 Å². The molecule has 1 saturated carbocycles. The normalized spacial score (nSPS) is 32.2. The van der Waals surface area contributed by atoms with Gasteiger partial charge in [-0.1, -0.05) is 0 Å². The maximum atomic E-state index is 12.3. The molecule has 0 saturated heterocycles. The molecule has 0 aromatic rings. The molecule has 1 aliphatic carbocycles. The molecule has 0 heterocycles. The molecule has 19 heavy (non-hydrogen) atoms. The van der Waals surface area contributed by atoms with Crippen LogP contribution in [0.2, 0.25) is 0 Å². The van der Waals surface area contributed by atoms with Gasteiger partial charge in [0.1, 0.15) is 0 Å². The van der Waals surface area contributed by atoms with Crippen LogP contribution in [0.5, 0.6) is 0 Å². The standard InChI is InChI=1S/C6F12.HI/c7-1(8)2(9,10)4(13,14)6(17,18)5(15,16)3(1,11)12;/h;1H. The van der Waals surface area contributed by atoms with Crippen LogP contribution >= 0.6 is 24.0 Å². The Bertz CT molecular complexity index is 253. The van der Waals surface area contributed by atoms with Crippen LogP contribution in [-0.2, 0) is 0 Å². The SMILES string of the molecule is FC1(F)C(F)(F)C(F)(F)C(F)(F)C(F)(F)C1(F)F.I. The molecule has 0 nitrogen and oxygen atoms in total. The van der Waals surface area contributed by atoms with Gasteiger partial charge in [0, 0.05) is 0 Å². The molecule has 0 amide bonds. The lowest BCUT2D eigenvalue weighted by Gasteiger charge is -2.49. The number of hydrogen-bond acceptors (Lipinski definition) is 0. The Kier molecular flexibility index (Phi) is 3.94. The van der Waals surface area contributed by atoms with Crippen LogP contribution in [0.15, 0.2) is 0 Å². The first-order chi connectivity index (χ1) is 7.50. The average Bonchev–Trinajstić information content (AvgIpc) is 2.14. The van der Waals surface area contributed by atoms with E-state index in [1.165, 1.54) is 0 Å². The van der Waals surface area contributed by atoms with Gasteiger partial charge in [-0.25, -0.2) is 0 Å². The van der Waals surface area contributed by atoms with Crippen molar-refractivity contribution in [3.8, 4) is 0 Å². The van der Waals surface area contributed by atoms with Crippen LogP contribution in [0.4, 0.5) is 52.7 Å². The summed E-state index contributed by atoms with van der Waals surface area (Å²) in [6.07, 6.45) is 0. The lowest BCUT2D eigenvalue weighted by Crippen LogP contribution is -2.82. The van der Waals surface area contributed by atoms with Gasteiger partial charge in [0.05, 0.1) is 0 Å². The van der Waals surface area contributed by atoms with Gasteiger partial charge < -0.3 is 0 Å². The molecule has 0 atom stereocenters. The highest BCUT2D eigenvalue weighted by Crippen LogP contribution is 2.69. The lowest BCUT2D eigenvalue weighted by molar-refractivity contribution is -0.506. The van der Waals surface area contributed by atoms with E-state index < -0.39 is 35.5 Å². The molecule has 0 radical (unpaired) electrons. The zero-order chi connectivity index (χ0) is 15.0.